The monoisotopic (exact) mass is 545 g/mol. The number of likely N-dealkylation sites (tertiary alicyclic amines) is 1. The van der Waals surface area contributed by atoms with E-state index in [9.17, 15) is 14.4 Å². The zero-order valence-electron chi connectivity index (χ0n) is 23.9. The molecule has 5 rings (SSSR count). The molecule has 3 aliphatic rings. The first-order valence-corrected chi connectivity index (χ1v) is 15.1. The normalized spacial score (nSPS) is 23.1. The summed E-state index contributed by atoms with van der Waals surface area (Å²) in [7, 11) is 1.61. The van der Waals surface area contributed by atoms with Crippen molar-refractivity contribution >= 4 is 17.7 Å². The first-order valence-electron chi connectivity index (χ1n) is 15.1. The number of rotatable bonds is 8. The highest BCUT2D eigenvalue weighted by Gasteiger charge is 2.40. The molecule has 2 aromatic rings. The molecule has 214 valence electrons. The predicted octanol–water partition coefficient (Wildman–Crippen LogP) is 5.25. The van der Waals surface area contributed by atoms with E-state index in [4.69, 9.17) is 4.74 Å². The van der Waals surface area contributed by atoms with Crippen LogP contribution >= 0.6 is 0 Å². The van der Waals surface area contributed by atoms with Crippen molar-refractivity contribution in [1.82, 2.24) is 15.1 Å². The van der Waals surface area contributed by atoms with Crippen molar-refractivity contribution in [3.8, 4) is 5.75 Å². The Morgan fingerprint density at radius 2 is 1.65 bits per heavy atom. The number of nitrogens with zero attached hydrogens (tertiary/aromatic N) is 2. The van der Waals surface area contributed by atoms with Crippen molar-refractivity contribution in [3.05, 3.63) is 65.2 Å². The zero-order valence-corrected chi connectivity index (χ0v) is 23.9. The van der Waals surface area contributed by atoms with Gasteiger partial charge in [0.05, 0.1) is 13.2 Å². The highest BCUT2D eigenvalue weighted by atomic mass is 16.5. The van der Waals surface area contributed by atoms with Gasteiger partial charge in [-0.2, -0.15) is 0 Å². The number of nitrogens with one attached hydrogen (secondary N) is 1. The first kappa shape index (κ1) is 28.2. The summed E-state index contributed by atoms with van der Waals surface area (Å²) < 4.78 is 5.30. The minimum atomic E-state index is -0.404. The third kappa shape index (κ3) is 6.34. The van der Waals surface area contributed by atoms with Gasteiger partial charge in [0.25, 0.3) is 5.91 Å². The van der Waals surface area contributed by atoms with Crippen molar-refractivity contribution in [1.29, 1.82) is 0 Å². The van der Waals surface area contributed by atoms with Gasteiger partial charge in [0.1, 0.15) is 11.8 Å². The lowest BCUT2D eigenvalue weighted by atomic mass is 9.88. The van der Waals surface area contributed by atoms with Gasteiger partial charge in [-0.05, 0) is 75.3 Å². The molecule has 2 saturated carbocycles. The summed E-state index contributed by atoms with van der Waals surface area (Å²) in [6.45, 7) is 3.19. The number of methoxy groups -OCH3 is 1. The fourth-order valence-electron chi connectivity index (χ4n) is 6.89. The smallest absolute Gasteiger partial charge is 0.254 e. The van der Waals surface area contributed by atoms with Gasteiger partial charge in [0.15, 0.2) is 0 Å². The van der Waals surface area contributed by atoms with Crippen LogP contribution in [0.1, 0.15) is 85.7 Å². The van der Waals surface area contributed by atoms with Gasteiger partial charge in [-0.3, -0.25) is 14.4 Å². The van der Waals surface area contributed by atoms with Crippen molar-refractivity contribution in [2.75, 3.05) is 13.7 Å². The maximum Gasteiger partial charge on any atom is 0.254 e. The maximum absolute atomic E-state index is 14.0. The van der Waals surface area contributed by atoms with E-state index in [2.05, 4.69) is 30.4 Å². The summed E-state index contributed by atoms with van der Waals surface area (Å²) in [4.78, 5) is 44.8. The number of benzene rings is 2. The van der Waals surface area contributed by atoms with E-state index >= 15 is 0 Å². The van der Waals surface area contributed by atoms with Gasteiger partial charge in [0, 0.05) is 30.6 Å². The quantitative estimate of drug-likeness (QED) is 0.491. The zero-order chi connectivity index (χ0) is 28.1. The van der Waals surface area contributed by atoms with E-state index in [-0.39, 0.29) is 35.7 Å². The van der Waals surface area contributed by atoms with Crippen LogP contribution < -0.4 is 10.1 Å². The fraction of sp³-hybridized carbons (Fsp3) is 0.545. The van der Waals surface area contributed by atoms with E-state index in [1.807, 2.05) is 40.1 Å². The standard InChI is InChI=1S/C33H43N3O4/c1-23-9-7-10-24(21-23)22-36(33(39)26-16-18-27(40-2)19-17-26)29-14-6-5-13-28(29)34-31(37)30-15-8-20-35(30)32(38)25-11-3-4-12-25/h7,9-10,16-19,21,25,28-30H,3-6,8,11-15,20,22H2,1-2H3,(H,34,37)/t28-,29-,30+/m1/s1. The topological polar surface area (TPSA) is 79.0 Å². The Labute approximate surface area is 238 Å². The molecule has 1 saturated heterocycles. The van der Waals surface area contributed by atoms with Crippen LogP contribution in [0.5, 0.6) is 5.75 Å². The number of hydrogen-bond donors (Lipinski definition) is 1. The van der Waals surface area contributed by atoms with Crippen LogP contribution in [-0.2, 0) is 16.1 Å². The number of carbonyl (C=O) groups excluding carboxylic acids is 3. The van der Waals surface area contributed by atoms with Crippen LogP contribution in [0, 0.1) is 12.8 Å². The Balaban J connectivity index is 1.37. The Hall–Kier alpha value is -3.35. The number of hydrogen-bond acceptors (Lipinski definition) is 4. The summed E-state index contributed by atoms with van der Waals surface area (Å²) >= 11 is 0. The van der Waals surface area contributed by atoms with E-state index in [1.165, 1.54) is 0 Å². The van der Waals surface area contributed by atoms with E-state index in [0.717, 1.165) is 68.9 Å². The second-order valence-corrected chi connectivity index (χ2v) is 11.8. The van der Waals surface area contributed by atoms with Crippen molar-refractivity contribution in [2.24, 2.45) is 5.92 Å². The molecule has 7 heteroatoms. The molecule has 0 radical (unpaired) electrons. The van der Waals surface area contributed by atoms with Crippen molar-refractivity contribution in [3.63, 3.8) is 0 Å². The Morgan fingerprint density at radius 1 is 0.925 bits per heavy atom. The van der Waals surface area contributed by atoms with Crippen LogP contribution in [0.2, 0.25) is 0 Å². The van der Waals surface area contributed by atoms with Crippen LogP contribution in [0.15, 0.2) is 48.5 Å². The molecule has 1 N–H and O–H groups in total. The SMILES string of the molecule is COc1ccc(C(=O)N(Cc2cccc(C)c2)[C@@H]2CCCC[C@H]2NC(=O)[C@@H]2CCCN2C(=O)C2CCCC2)cc1. The fourth-order valence-corrected chi connectivity index (χ4v) is 6.89. The minimum Gasteiger partial charge on any atom is -0.497 e. The third-order valence-electron chi connectivity index (χ3n) is 9.03. The number of aryl methyl sites for hydroxylation is 1. The molecule has 3 fully saturated rings. The minimum absolute atomic E-state index is 0.0470. The lowest BCUT2D eigenvalue weighted by molar-refractivity contribution is -0.141. The molecule has 3 atom stereocenters. The first-order chi connectivity index (χ1) is 19.4. The molecule has 0 unspecified atom stereocenters. The molecule has 0 bridgehead atoms. The molecule has 2 aliphatic carbocycles. The molecule has 2 aromatic carbocycles. The lowest BCUT2D eigenvalue weighted by Crippen LogP contribution is -2.58. The average molecular weight is 546 g/mol. The largest absolute Gasteiger partial charge is 0.497 e. The highest BCUT2D eigenvalue weighted by molar-refractivity contribution is 5.95. The molecular formula is C33H43N3O4. The van der Waals surface area contributed by atoms with E-state index in [0.29, 0.717) is 30.8 Å². The molecule has 1 aliphatic heterocycles. The van der Waals surface area contributed by atoms with Crippen molar-refractivity contribution < 1.29 is 19.1 Å². The molecule has 0 spiro atoms. The summed E-state index contributed by atoms with van der Waals surface area (Å²) in [5.74, 6) is 0.828. The van der Waals surface area contributed by atoms with Crippen LogP contribution in [-0.4, -0.2) is 59.3 Å². The Bertz CT molecular complexity index is 1190. The average Bonchev–Trinajstić information content (AvgIpc) is 3.69. The number of ether oxygens (including phenoxy) is 1. The van der Waals surface area contributed by atoms with Crippen LogP contribution in [0.3, 0.4) is 0 Å². The lowest BCUT2D eigenvalue weighted by Gasteiger charge is -2.41. The van der Waals surface area contributed by atoms with Gasteiger partial charge in [-0.15, -0.1) is 0 Å². The summed E-state index contributed by atoms with van der Waals surface area (Å²) in [5, 5.41) is 3.34. The highest BCUT2D eigenvalue weighted by Crippen LogP contribution is 2.31. The molecular weight excluding hydrogens is 502 g/mol. The van der Waals surface area contributed by atoms with Crippen molar-refractivity contribution in [2.45, 2.75) is 95.8 Å². The molecule has 7 nitrogen and oxygen atoms in total. The number of carbonyl (C=O) groups is 3. The number of amides is 3. The van der Waals surface area contributed by atoms with Crippen LogP contribution in [0.25, 0.3) is 0 Å². The predicted molar refractivity (Wildman–Crippen MR) is 155 cm³/mol. The second-order valence-electron chi connectivity index (χ2n) is 11.8. The molecule has 3 amide bonds. The Kier molecular flexibility index (Phi) is 9.08. The second kappa shape index (κ2) is 12.9. The molecule has 1 heterocycles. The summed E-state index contributed by atoms with van der Waals surface area (Å²) in [6, 6.07) is 14.8. The molecule has 40 heavy (non-hydrogen) atoms. The summed E-state index contributed by atoms with van der Waals surface area (Å²) in [5.41, 5.74) is 2.82. The Morgan fingerprint density at radius 3 is 2.38 bits per heavy atom. The van der Waals surface area contributed by atoms with E-state index < -0.39 is 6.04 Å². The van der Waals surface area contributed by atoms with Gasteiger partial charge in [-0.25, -0.2) is 0 Å². The van der Waals surface area contributed by atoms with Gasteiger partial charge in [-0.1, -0.05) is 55.5 Å². The molecule has 0 aromatic heterocycles. The van der Waals surface area contributed by atoms with Gasteiger partial charge < -0.3 is 19.9 Å². The third-order valence-corrected chi connectivity index (χ3v) is 9.03. The van der Waals surface area contributed by atoms with Gasteiger partial charge in [0.2, 0.25) is 11.8 Å². The van der Waals surface area contributed by atoms with Gasteiger partial charge >= 0.3 is 0 Å². The van der Waals surface area contributed by atoms with Crippen LogP contribution in [0.4, 0.5) is 0 Å². The van der Waals surface area contributed by atoms with E-state index in [1.54, 1.807) is 7.11 Å². The summed E-state index contributed by atoms with van der Waals surface area (Å²) in [6.07, 6.45) is 9.31. The maximum atomic E-state index is 14.0.